The quantitative estimate of drug-likeness (QED) is 0.248. The summed E-state index contributed by atoms with van der Waals surface area (Å²) in [5.74, 6) is -0.0232. The lowest BCUT2D eigenvalue weighted by Crippen LogP contribution is -2.40. The van der Waals surface area contributed by atoms with Gasteiger partial charge >= 0.3 is 0 Å². The van der Waals surface area contributed by atoms with Gasteiger partial charge in [-0.05, 0) is 6.42 Å². The Bertz CT molecular complexity index is 281. The Morgan fingerprint density at radius 1 is 1.56 bits per heavy atom. The predicted molar refractivity (Wildman–Crippen MR) is 63.8 cm³/mol. The first-order chi connectivity index (χ1) is 7.56. The second-order valence-electron chi connectivity index (χ2n) is 3.21. The molecule has 0 aliphatic rings. The van der Waals surface area contributed by atoms with Crippen LogP contribution in [0.5, 0.6) is 0 Å². The Morgan fingerprint density at radius 3 is 2.62 bits per heavy atom. The van der Waals surface area contributed by atoms with Gasteiger partial charge in [-0.25, -0.2) is 0 Å². The molecule has 2 unspecified atom stereocenters. The fraction of sp³-hybridized carbons (Fsp3) is 0.778. The number of hydrogen-bond acceptors (Lipinski definition) is 4. The van der Waals surface area contributed by atoms with Gasteiger partial charge < -0.3 is 16.3 Å². The van der Waals surface area contributed by atoms with Gasteiger partial charge in [-0.1, -0.05) is 19.0 Å². The highest BCUT2D eigenvalue weighted by Gasteiger charge is 2.20. The molecule has 0 rings (SSSR count). The maximum atomic E-state index is 11.6. The standard InChI is InChI=1S/C9H19N3O3S/c1-3-7(8(10)12-14)9(13)11-5-6-16(15)4-2/h7,14H,3-6H2,1-2H3,(H2,10,12)(H,11,13). The predicted octanol–water partition coefficient (Wildman–Crippen LogP) is -0.356. The summed E-state index contributed by atoms with van der Waals surface area (Å²) in [7, 11) is -0.897. The highest BCUT2D eigenvalue weighted by atomic mass is 32.2. The summed E-state index contributed by atoms with van der Waals surface area (Å²) in [6, 6.07) is 0. The van der Waals surface area contributed by atoms with Gasteiger partial charge in [0, 0.05) is 28.9 Å². The number of carbonyl (C=O) groups excluding carboxylic acids is 1. The molecule has 0 spiro atoms. The van der Waals surface area contributed by atoms with Crippen LogP contribution in [0.1, 0.15) is 20.3 Å². The average molecular weight is 249 g/mol. The van der Waals surface area contributed by atoms with Crippen LogP contribution in [0.2, 0.25) is 0 Å². The van der Waals surface area contributed by atoms with Crippen LogP contribution >= 0.6 is 0 Å². The van der Waals surface area contributed by atoms with Gasteiger partial charge in [-0.2, -0.15) is 0 Å². The molecule has 6 nitrogen and oxygen atoms in total. The average Bonchev–Trinajstić information content (AvgIpc) is 2.29. The molecule has 0 aromatic rings. The van der Waals surface area contributed by atoms with Gasteiger partial charge in [0.25, 0.3) is 0 Å². The van der Waals surface area contributed by atoms with Crippen molar-refractivity contribution in [3.63, 3.8) is 0 Å². The highest BCUT2D eigenvalue weighted by Crippen LogP contribution is 2.02. The molecular weight excluding hydrogens is 230 g/mol. The molecule has 0 bridgehead atoms. The molecule has 0 aromatic carbocycles. The van der Waals surface area contributed by atoms with E-state index in [1.807, 2.05) is 6.92 Å². The van der Waals surface area contributed by atoms with Crippen LogP contribution in [0.3, 0.4) is 0 Å². The van der Waals surface area contributed by atoms with Crippen molar-refractivity contribution in [2.24, 2.45) is 16.8 Å². The van der Waals surface area contributed by atoms with Crippen LogP contribution in [-0.2, 0) is 15.6 Å². The van der Waals surface area contributed by atoms with E-state index in [9.17, 15) is 9.00 Å². The molecule has 16 heavy (non-hydrogen) atoms. The van der Waals surface area contributed by atoms with Crippen LogP contribution in [0, 0.1) is 5.92 Å². The SMILES string of the molecule is CCC(C(=O)NCCS(=O)CC)C(N)=NO. The van der Waals surface area contributed by atoms with E-state index in [0.29, 0.717) is 24.5 Å². The van der Waals surface area contributed by atoms with E-state index in [1.165, 1.54) is 0 Å². The first-order valence-electron chi connectivity index (χ1n) is 5.16. The molecular formula is C9H19N3O3S. The molecule has 0 aliphatic carbocycles. The minimum Gasteiger partial charge on any atom is -0.409 e. The second kappa shape index (κ2) is 8.09. The number of nitrogens with zero attached hydrogens (tertiary/aromatic N) is 1. The van der Waals surface area contributed by atoms with Crippen LogP contribution in [0.4, 0.5) is 0 Å². The summed E-state index contributed by atoms with van der Waals surface area (Å²) >= 11 is 0. The lowest BCUT2D eigenvalue weighted by atomic mass is 10.1. The summed E-state index contributed by atoms with van der Waals surface area (Å²) in [6.45, 7) is 3.93. The number of amidine groups is 1. The first kappa shape index (κ1) is 14.9. The molecule has 94 valence electrons. The Kier molecular flexibility index (Phi) is 7.53. The minimum absolute atomic E-state index is 0.100. The summed E-state index contributed by atoms with van der Waals surface area (Å²) in [5.41, 5.74) is 5.37. The smallest absolute Gasteiger partial charge is 0.230 e. The number of oxime groups is 1. The molecule has 4 N–H and O–H groups in total. The lowest BCUT2D eigenvalue weighted by molar-refractivity contribution is -0.123. The number of nitrogens with two attached hydrogens (primary N) is 1. The van der Waals surface area contributed by atoms with E-state index < -0.39 is 16.7 Å². The molecule has 0 saturated carbocycles. The van der Waals surface area contributed by atoms with Gasteiger partial charge in [-0.3, -0.25) is 9.00 Å². The topological polar surface area (TPSA) is 105 Å². The molecule has 0 heterocycles. The van der Waals surface area contributed by atoms with Gasteiger partial charge in [0.2, 0.25) is 5.91 Å². The van der Waals surface area contributed by atoms with Crippen LogP contribution in [0.15, 0.2) is 5.16 Å². The molecule has 2 atom stereocenters. The third-order valence-electron chi connectivity index (χ3n) is 2.15. The van der Waals surface area contributed by atoms with E-state index in [-0.39, 0.29) is 11.7 Å². The molecule has 0 aliphatic heterocycles. The van der Waals surface area contributed by atoms with Crippen LogP contribution in [0.25, 0.3) is 0 Å². The Hall–Kier alpha value is -1.11. The molecule has 0 saturated heterocycles. The third kappa shape index (κ3) is 5.11. The van der Waals surface area contributed by atoms with Crippen molar-refractivity contribution in [1.29, 1.82) is 0 Å². The van der Waals surface area contributed by atoms with Crippen molar-refractivity contribution in [3.05, 3.63) is 0 Å². The largest absolute Gasteiger partial charge is 0.409 e. The third-order valence-corrected chi connectivity index (χ3v) is 3.45. The minimum atomic E-state index is -0.897. The Balaban J connectivity index is 4.08. The summed E-state index contributed by atoms with van der Waals surface area (Å²) in [6.07, 6.45) is 0.457. The highest BCUT2D eigenvalue weighted by molar-refractivity contribution is 7.84. The molecule has 7 heteroatoms. The van der Waals surface area contributed by atoms with Gasteiger partial charge in [-0.15, -0.1) is 0 Å². The maximum Gasteiger partial charge on any atom is 0.230 e. The van der Waals surface area contributed by atoms with E-state index >= 15 is 0 Å². The summed E-state index contributed by atoms with van der Waals surface area (Å²) in [5, 5.41) is 13.9. The first-order valence-corrected chi connectivity index (χ1v) is 6.65. The molecule has 1 amide bonds. The van der Waals surface area contributed by atoms with Crippen molar-refractivity contribution in [1.82, 2.24) is 5.32 Å². The van der Waals surface area contributed by atoms with Crippen LogP contribution < -0.4 is 11.1 Å². The van der Waals surface area contributed by atoms with E-state index in [2.05, 4.69) is 10.5 Å². The number of rotatable bonds is 7. The van der Waals surface area contributed by atoms with Crippen molar-refractivity contribution >= 4 is 22.5 Å². The fourth-order valence-corrected chi connectivity index (χ4v) is 1.77. The van der Waals surface area contributed by atoms with E-state index in [1.54, 1.807) is 6.92 Å². The van der Waals surface area contributed by atoms with Crippen LogP contribution in [-0.4, -0.2) is 39.2 Å². The number of carbonyl (C=O) groups is 1. The Morgan fingerprint density at radius 2 is 2.19 bits per heavy atom. The second-order valence-corrected chi connectivity index (χ2v) is 5.07. The van der Waals surface area contributed by atoms with Crippen molar-refractivity contribution in [3.8, 4) is 0 Å². The zero-order valence-electron chi connectivity index (χ0n) is 9.60. The van der Waals surface area contributed by atoms with Crippen molar-refractivity contribution in [2.45, 2.75) is 20.3 Å². The number of hydrogen-bond donors (Lipinski definition) is 3. The molecule has 0 aromatic heterocycles. The number of amides is 1. The van der Waals surface area contributed by atoms with Gasteiger partial charge in [0.1, 0.15) is 0 Å². The van der Waals surface area contributed by atoms with Gasteiger partial charge in [0.05, 0.1) is 5.92 Å². The molecule has 0 radical (unpaired) electrons. The van der Waals surface area contributed by atoms with Crippen molar-refractivity contribution < 1.29 is 14.2 Å². The van der Waals surface area contributed by atoms with E-state index in [0.717, 1.165) is 0 Å². The summed E-state index contributed by atoms with van der Waals surface area (Å²) in [4.78, 5) is 11.6. The maximum absolute atomic E-state index is 11.6. The monoisotopic (exact) mass is 249 g/mol. The fourth-order valence-electron chi connectivity index (χ4n) is 1.15. The van der Waals surface area contributed by atoms with E-state index in [4.69, 9.17) is 10.9 Å². The van der Waals surface area contributed by atoms with Crippen molar-refractivity contribution in [2.75, 3.05) is 18.1 Å². The number of nitrogens with one attached hydrogen (secondary N) is 1. The summed E-state index contributed by atoms with van der Waals surface area (Å²) < 4.78 is 11.1. The zero-order valence-corrected chi connectivity index (χ0v) is 10.4. The zero-order chi connectivity index (χ0) is 12.6. The van der Waals surface area contributed by atoms with Gasteiger partial charge in [0.15, 0.2) is 5.84 Å². The molecule has 0 fully saturated rings. The lowest BCUT2D eigenvalue weighted by Gasteiger charge is -2.12. The normalized spacial score (nSPS) is 15.5. The Labute approximate surface area is 97.7 Å².